The molecule has 2 rings (SSSR count). The van der Waals surface area contributed by atoms with Gasteiger partial charge in [-0.05, 0) is 36.1 Å². The van der Waals surface area contributed by atoms with Crippen LogP contribution in [0.2, 0.25) is 10.0 Å². The van der Waals surface area contributed by atoms with E-state index in [1.54, 1.807) is 6.07 Å². The number of rotatable bonds is 4. The molecule has 19 heavy (non-hydrogen) atoms. The van der Waals surface area contributed by atoms with Crippen LogP contribution in [0.15, 0.2) is 42.5 Å². The molecule has 0 fully saturated rings. The zero-order valence-electron chi connectivity index (χ0n) is 10.7. The van der Waals surface area contributed by atoms with Gasteiger partial charge >= 0.3 is 0 Å². The molecule has 1 N–H and O–H groups in total. The van der Waals surface area contributed by atoms with Crippen molar-refractivity contribution in [3.8, 4) is 0 Å². The van der Waals surface area contributed by atoms with E-state index in [0.717, 1.165) is 11.1 Å². The van der Waals surface area contributed by atoms with Gasteiger partial charge in [0.25, 0.3) is 0 Å². The molecule has 100 valence electrons. The quantitative estimate of drug-likeness (QED) is 0.883. The first kappa shape index (κ1) is 14.4. The van der Waals surface area contributed by atoms with Crippen LogP contribution in [0.1, 0.15) is 16.7 Å². The second-order valence-corrected chi connectivity index (χ2v) is 5.49. The van der Waals surface area contributed by atoms with Crippen LogP contribution >= 0.6 is 23.2 Å². The standard InChI is InChI=1S/C16H16Cl2O/c1-11-5-2-3-6-12(11)9-14(19)10-13-7-4-8-15(17)16(13)18/h2-8,14,19H,9-10H2,1H3. The molecule has 0 amide bonds. The molecule has 0 radical (unpaired) electrons. The maximum Gasteiger partial charge on any atom is 0.0625 e. The summed E-state index contributed by atoms with van der Waals surface area (Å²) < 4.78 is 0. The van der Waals surface area contributed by atoms with Crippen LogP contribution in [0.5, 0.6) is 0 Å². The molecule has 3 heteroatoms. The first-order chi connectivity index (χ1) is 9.08. The largest absolute Gasteiger partial charge is 0.392 e. The number of hydrogen-bond acceptors (Lipinski definition) is 1. The van der Waals surface area contributed by atoms with Crippen molar-refractivity contribution in [3.63, 3.8) is 0 Å². The molecule has 1 unspecified atom stereocenters. The Bertz CT molecular complexity index is 566. The molecule has 0 aromatic heterocycles. The predicted molar refractivity (Wildman–Crippen MR) is 81.1 cm³/mol. The van der Waals surface area contributed by atoms with Gasteiger partial charge in [0, 0.05) is 6.42 Å². The minimum absolute atomic E-state index is 0.461. The molecule has 2 aromatic rings. The van der Waals surface area contributed by atoms with Crippen molar-refractivity contribution in [1.82, 2.24) is 0 Å². The highest BCUT2D eigenvalue weighted by Gasteiger charge is 2.12. The fraction of sp³-hybridized carbons (Fsp3) is 0.250. The minimum atomic E-state index is -0.461. The number of aliphatic hydroxyl groups is 1. The van der Waals surface area contributed by atoms with Crippen molar-refractivity contribution >= 4 is 23.2 Å². The third-order valence-corrected chi connectivity index (χ3v) is 4.06. The zero-order valence-corrected chi connectivity index (χ0v) is 12.2. The Balaban J connectivity index is 2.08. The van der Waals surface area contributed by atoms with Gasteiger partial charge in [-0.3, -0.25) is 0 Å². The number of aryl methyl sites for hydroxylation is 1. The Kier molecular flexibility index (Phi) is 4.87. The summed E-state index contributed by atoms with van der Waals surface area (Å²) in [6, 6.07) is 13.6. The molecule has 0 heterocycles. The molecule has 0 spiro atoms. The Hall–Kier alpha value is -1.02. The molecule has 1 atom stereocenters. The third-order valence-electron chi connectivity index (χ3n) is 3.20. The summed E-state index contributed by atoms with van der Waals surface area (Å²) in [6.07, 6.45) is 0.667. The average Bonchev–Trinajstić information content (AvgIpc) is 2.38. The first-order valence-corrected chi connectivity index (χ1v) is 6.99. The van der Waals surface area contributed by atoms with Gasteiger partial charge in [-0.2, -0.15) is 0 Å². The van der Waals surface area contributed by atoms with E-state index >= 15 is 0 Å². The molecule has 0 aliphatic carbocycles. The first-order valence-electron chi connectivity index (χ1n) is 6.23. The van der Waals surface area contributed by atoms with Crippen LogP contribution in [0.25, 0.3) is 0 Å². The summed E-state index contributed by atoms with van der Waals surface area (Å²) in [5.74, 6) is 0. The van der Waals surface area contributed by atoms with E-state index in [2.05, 4.69) is 13.0 Å². The zero-order chi connectivity index (χ0) is 13.8. The lowest BCUT2D eigenvalue weighted by Crippen LogP contribution is -2.15. The molecule has 1 nitrogen and oxygen atoms in total. The molecule has 0 bridgehead atoms. The second kappa shape index (κ2) is 6.42. The summed E-state index contributed by atoms with van der Waals surface area (Å²) in [5, 5.41) is 11.3. The molecule has 0 saturated carbocycles. The number of aliphatic hydroxyl groups excluding tert-OH is 1. The van der Waals surface area contributed by atoms with E-state index in [4.69, 9.17) is 23.2 Å². The second-order valence-electron chi connectivity index (χ2n) is 4.70. The average molecular weight is 295 g/mol. The molecular formula is C16H16Cl2O. The fourth-order valence-corrected chi connectivity index (χ4v) is 2.52. The third kappa shape index (κ3) is 3.73. The van der Waals surface area contributed by atoms with E-state index in [0.29, 0.717) is 22.9 Å². The van der Waals surface area contributed by atoms with Crippen LogP contribution in [-0.4, -0.2) is 11.2 Å². The molecule has 0 aliphatic rings. The van der Waals surface area contributed by atoms with Crippen molar-refractivity contribution < 1.29 is 5.11 Å². The Morgan fingerprint density at radius 1 is 0.947 bits per heavy atom. The van der Waals surface area contributed by atoms with Crippen LogP contribution in [-0.2, 0) is 12.8 Å². The van der Waals surface area contributed by atoms with Crippen molar-refractivity contribution in [3.05, 3.63) is 69.2 Å². The SMILES string of the molecule is Cc1ccccc1CC(O)Cc1cccc(Cl)c1Cl. The van der Waals surface area contributed by atoms with E-state index in [9.17, 15) is 5.11 Å². The molecule has 0 saturated heterocycles. The van der Waals surface area contributed by atoms with Crippen LogP contribution in [0.4, 0.5) is 0 Å². The highest BCUT2D eigenvalue weighted by atomic mass is 35.5. The predicted octanol–water partition coefficient (Wildman–Crippen LogP) is 4.45. The van der Waals surface area contributed by atoms with E-state index < -0.39 is 6.10 Å². The van der Waals surface area contributed by atoms with Crippen molar-refractivity contribution in [1.29, 1.82) is 0 Å². The van der Waals surface area contributed by atoms with Gasteiger partial charge < -0.3 is 5.11 Å². The Morgan fingerprint density at radius 3 is 2.32 bits per heavy atom. The van der Waals surface area contributed by atoms with Gasteiger partial charge in [0.1, 0.15) is 0 Å². The normalized spacial score (nSPS) is 12.4. The van der Waals surface area contributed by atoms with E-state index in [1.165, 1.54) is 5.56 Å². The van der Waals surface area contributed by atoms with Gasteiger partial charge in [-0.15, -0.1) is 0 Å². The molecule has 2 aromatic carbocycles. The summed E-state index contributed by atoms with van der Waals surface area (Å²) in [6.45, 7) is 2.05. The fourth-order valence-electron chi connectivity index (χ4n) is 2.13. The van der Waals surface area contributed by atoms with Crippen molar-refractivity contribution in [2.24, 2.45) is 0 Å². The highest BCUT2D eigenvalue weighted by Crippen LogP contribution is 2.27. The van der Waals surface area contributed by atoms with E-state index in [-0.39, 0.29) is 0 Å². The lowest BCUT2D eigenvalue weighted by atomic mass is 9.98. The monoisotopic (exact) mass is 294 g/mol. The summed E-state index contributed by atoms with van der Waals surface area (Å²) in [4.78, 5) is 0. The Morgan fingerprint density at radius 2 is 1.58 bits per heavy atom. The summed E-state index contributed by atoms with van der Waals surface area (Å²) in [5.41, 5.74) is 3.24. The minimum Gasteiger partial charge on any atom is -0.392 e. The molecular weight excluding hydrogens is 279 g/mol. The van der Waals surface area contributed by atoms with Crippen molar-refractivity contribution in [2.75, 3.05) is 0 Å². The van der Waals surface area contributed by atoms with Gasteiger partial charge in [0.15, 0.2) is 0 Å². The number of hydrogen-bond donors (Lipinski definition) is 1. The maximum atomic E-state index is 10.2. The lowest BCUT2D eigenvalue weighted by Gasteiger charge is -2.14. The van der Waals surface area contributed by atoms with Crippen LogP contribution in [0.3, 0.4) is 0 Å². The summed E-state index contributed by atoms with van der Waals surface area (Å²) >= 11 is 12.1. The lowest BCUT2D eigenvalue weighted by molar-refractivity contribution is 0.175. The van der Waals surface area contributed by atoms with Crippen LogP contribution in [0, 0.1) is 6.92 Å². The van der Waals surface area contributed by atoms with Crippen molar-refractivity contribution in [2.45, 2.75) is 25.9 Å². The van der Waals surface area contributed by atoms with Gasteiger partial charge in [-0.1, -0.05) is 59.6 Å². The number of benzene rings is 2. The van der Waals surface area contributed by atoms with Crippen LogP contribution < -0.4 is 0 Å². The van der Waals surface area contributed by atoms with Gasteiger partial charge in [0.05, 0.1) is 16.1 Å². The van der Waals surface area contributed by atoms with E-state index in [1.807, 2.05) is 30.3 Å². The molecule has 0 aliphatic heterocycles. The highest BCUT2D eigenvalue weighted by molar-refractivity contribution is 6.42. The topological polar surface area (TPSA) is 20.2 Å². The smallest absolute Gasteiger partial charge is 0.0625 e. The Labute approximate surface area is 123 Å². The van der Waals surface area contributed by atoms with Gasteiger partial charge in [0.2, 0.25) is 0 Å². The van der Waals surface area contributed by atoms with Gasteiger partial charge in [-0.25, -0.2) is 0 Å². The number of halogens is 2. The summed E-state index contributed by atoms with van der Waals surface area (Å²) in [7, 11) is 0. The maximum absolute atomic E-state index is 10.2.